The molecule has 17 heavy (non-hydrogen) atoms. The second kappa shape index (κ2) is 4.93. The van der Waals surface area contributed by atoms with Crippen molar-refractivity contribution < 1.29 is 4.79 Å². The molecule has 90 valence electrons. The molecule has 0 amide bonds. The molecule has 0 aliphatic carbocycles. The quantitative estimate of drug-likeness (QED) is 0.799. The number of thiazole rings is 2. The molecule has 0 radical (unpaired) electrons. The van der Waals surface area contributed by atoms with Crippen molar-refractivity contribution in [3.05, 3.63) is 27.2 Å². The van der Waals surface area contributed by atoms with Crippen molar-refractivity contribution in [2.45, 2.75) is 20.4 Å². The standard InChI is InChI=1S/C11H13N3OS2/c1-7-10(16-6-13-7)5-14(3)11-12-4-9(17-11)8(2)15/h4,6H,5H2,1-3H3. The molecule has 0 unspecified atom stereocenters. The number of carbonyl (C=O) groups is 1. The molecule has 0 aliphatic heterocycles. The van der Waals surface area contributed by atoms with E-state index in [9.17, 15) is 4.79 Å². The Morgan fingerprint density at radius 2 is 2.24 bits per heavy atom. The van der Waals surface area contributed by atoms with E-state index in [0.717, 1.165) is 17.4 Å². The summed E-state index contributed by atoms with van der Waals surface area (Å²) in [7, 11) is 1.97. The fourth-order valence-electron chi connectivity index (χ4n) is 1.37. The monoisotopic (exact) mass is 267 g/mol. The Kier molecular flexibility index (Phi) is 3.54. The zero-order valence-electron chi connectivity index (χ0n) is 9.93. The van der Waals surface area contributed by atoms with Crippen LogP contribution in [0.3, 0.4) is 0 Å². The zero-order valence-corrected chi connectivity index (χ0v) is 11.6. The van der Waals surface area contributed by atoms with Gasteiger partial charge in [0, 0.05) is 18.8 Å². The van der Waals surface area contributed by atoms with Crippen LogP contribution < -0.4 is 4.90 Å². The summed E-state index contributed by atoms with van der Waals surface area (Å²) in [5.41, 5.74) is 2.91. The highest BCUT2D eigenvalue weighted by molar-refractivity contribution is 7.17. The van der Waals surface area contributed by atoms with Crippen molar-refractivity contribution in [2.24, 2.45) is 0 Å². The molecule has 0 saturated heterocycles. The van der Waals surface area contributed by atoms with Gasteiger partial charge in [0.1, 0.15) is 0 Å². The maximum atomic E-state index is 11.2. The molecule has 0 aliphatic rings. The Bertz CT molecular complexity index is 532. The Morgan fingerprint density at radius 3 is 2.76 bits per heavy atom. The molecule has 6 heteroatoms. The molecule has 2 aromatic heterocycles. The first kappa shape index (κ1) is 12.2. The highest BCUT2D eigenvalue weighted by Gasteiger charge is 2.11. The number of hydrogen-bond donors (Lipinski definition) is 0. The van der Waals surface area contributed by atoms with Crippen molar-refractivity contribution in [1.82, 2.24) is 9.97 Å². The third-order valence-electron chi connectivity index (χ3n) is 2.39. The molecule has 2 aromatic rings. The van der Waals surface area contributed by atoms with Crippen LogP contribution in [0.5, 0.6) is 0 Å². The molecule has 2 heterocycles. The summed E-state index contributed by atoms with van der Waals surface area (Å²) in [5.74, 6) is 0.0659. The van der Waals surface area contributed by atoms with E-state index in [2.05, 4.69) is 9.97 Å². The first-order valence-corrected chi connectivity index (χ1v) is 6.84. The van der Waals surface area contributed by atoms with E-state index in [-0.39, 0.29) is 5.78 Å². The van der Waals surface area contributed by atoms with E-state index in [1.165, 1.54) is 16.2 Å². The number of hydrogen-bond acceptors (Lipinski definition) is 6. The van der Waals surface area contributed by atoms with E-state index in [4.69, 9.17) is 0 Å². The lowest BCUT2D eigenvalue weighted by molar-refractivity contribution is 0.102. The van der Waals surface area contributed by atoms with Gasteiger partial charge in [0.2, 0.25) is 0 Å². The van der Waals surface area contributed by atoms with Crippen molar-refractivity contribution in [1.29, 1.82) is 0 Å². The fraction of sp³-hybridized carbons (Fsp3) is 0.364. The van der Waals surface area contributed by atoms with Crippen molar-refractivity contribution in [3.63, 3.8) is 0 Å². The van der Waals surface area contributed by atoms with Gasteiger partial charge < -0.3 is 4.90 Å². The van der Waals surface area contributed by atoms with Crippen LogP contribution in [0, 0.1) is 6.92 Å². The number of ketones is 1. The minimum absolute atomic E-state index is 0.0659. The molecule has 0 saturated carbocycles. The second-order valence-electron chi connectivity index (χ2n) is 3.78. The Hall–Kier alpha value is -1.27. The average molecular weight is 267 g/mol. The van der Waals surface area contributed by atoms with Gasteiger partial charge in [0.05, 0.1) is 28.8 Å². The molecule has 0 bridgehead atoms. The van der Waals surface area contributed by atoms with Gasteiger partial charge >= 0.3 is 0 Å². The van der Waals surface area contributed by atoms with E-state index < -0.39 is 0 Å². The minimum atomic E-state index is 0.0659. The van der Waals surface area contributed by atoms with Crippen LogP contribution in [0.15, 0.2) is 11.7 Å². The molecule has 0 spiro atoms. The fourth-order valence-corrected chi connectivity index (χ4v) is 2.97. The van der Waals surface area contributed by atoms with E-state index >= 15 is 0 Å². The van der Waals surface area contributed by atoms with Crippen LogP contribution in [0.1, 0.15) is 27.2 Å². The van der Waals surface area contributed by atoms with Crippen molar-refractivity contribution in [2.75, 3.05) is 11.9 Å². The first-order chi connectivity index (χ1) is 8.08. The Balaban J connectivity index is 2.12. The van der Waals surface area contributed by atoms with E-state index in [1.807, 2.05) is 24.4 Å². The maximum Gasteiger partial charge on any atom is 0.186 e. The van der Waals surface area contributed by atoms with Crippen LogP contribution in [-0.4, -0.2) is 22.8 Å². The summed E-state index contributed by atoms with van der Waals surface area (Å²) in [6.45, 7) is 4.34. The number of nitrogens with zero attached hydrogens (tertiary/aromatic N) is 3. The second-order valence-corrected chi connectivity index (χ2v) is 5.73. The highest BCUT2D eigenvalue weighted by Crippen LogP contribution is 2.24. The zero-order chi connectivity index (χ0) is 12.4. The van der Waals surface area contributed by atoms with Gasteiger partial charge in [0.25, 0.3) is 0 Å². The summed E-state index contributed by atoms with van der Waals surface area (Å²) < 4.78 is 0. The summed E-state index contributed by atoms with van der Waals surface area (Å²) in [6, 6.07) is 0. The van der Waals surface area contributed by atoms with Crippen LogP contribution in [-0.2, 0) is 6.54 Å². The topological polar surface area (TPSA) is 46.1 Å². The van der Waals surface area contributed by atoms with Crippen LogP contribution in [0.2, 0.25) is 0 Å². The Morgan fingerprint density at radius 1 is 1.47 bits per heavy atom. The summed E-state index contributed by atoms with van der Waals surface area (Å²) in [6.07, 6.45) is 1.64. The van der Waals surface area contributed by atoms with Gasteiger partial charge in [-0.05, 0) is 6.92 Å². The van der Waals surface area contributed by atoms with Crippen LogP contribution >= 0.6 is 22.7 Å². The number of aryl methyl sites for hydroxylation is 1. The number of Topliss-reactive ketones (excluding diaryl/α,β-unsaturated/α-hetero) is 1. The first-order valence-electron chi connectivity index (χ1n) is 5.15. The number of anilines is 1. The van der Waals surface area contributed by atoms with Crippen molar-refractivity contribution in [3.8, 4) is 0 Å². The third kappa shape index (κ3) is 2.70. The predicted octanol–water partition coefficient (Wildman–Crippen LogP) is 2.75. The van der Waals surface area contributed by atoms with Gasteiger partial charge in [0.15, 0.2) is 10.9 Å². The van der Waals surface area contributed by atoms with E-state index in [0.29, 0.717) is 4.88 Å². The molecule has 0 atom stereocenters. The smallest absolute Gasteiger partial charge is 0.186 e. The number of aromatic nitrogens is 2. The van der Waals surface area contributed by atoms with Gasteiger partial charge in [-0.1, -0.05) is 11.3 Å². The van der Waals surface area contributed by atoms with Crippen LogP contribution in [0.4, 0.5) is 5.13 Å². The minimum Gasteiger partial charge on any atom is -0.346 e. The highest BCUT2D eigenvalue weighted by atomic mass is 32.1. The third-order valence-corrected chi connectivity index (χ3v) is 4.52. The lowest BCUT2D eigenvalue weighted by atomic mass is 10.4. The van der Waals surface area contributed by atoms with Gasteiger partial charge in [-0.15, -0.1) is 11.3 Å². The normalized spacial score (nSPS) is 10.5. The average Bonchev–Trinajstić information content (AvgIpc) is 2.88. The molecular formula is C11H13N3OS2. The summed E-state index contributed by atoms with van der Waals surface area (Å²) in [4.78, 5) is 23.6. The van der Waals surface area contributed by atoms with Gasteiger partial charge in [-0.25, -0.2) is 9.97 Å². The molecule has 2 rings (SSSR count). The molecule has 4 nitrogen and oxygen atoms in total. The molecule has 0 fully saturated rings. The lowest BCUT2D eigenvalue weighted by Crippen LogP contribution is -2.15. The number of rotatable bonds is 4. The van der Waals surface area contributed by atoms with E-state index in [1.54, 1.807) is 24.5 Å². The van der Waals surface area contributed by atoms with Gasteiger partial charge in [-0.3, -0.25) is 4.79 Å². The maximum absolute atomic E-state index is 11.2. The Labute approximate surface area is 108 Å². The largest absolute Gasteiger partial charge is 0.346 e. The molecule has 0 N–H and O–H groups in total. The van der Waals surface area contributed by atoms with Gasteiger partial charge in [-0.2, -0.15) is 0 Å². The molecule has 0 aromatic carbocycles. The SMILES string of the molecule is CC(=O)c1cnc(N(C)Cc2scnc2C)s1. The summed E-state index contributed by atoms with van der Waals surface area (Å²) in [5, 5.41) is 0.864. The lowest BCUT2D eigenvalue weighted by Gasteiger charge is -2.14. The summed E-state index contributed by atoms with van der Waals surface area (Å²) >= 11 is 3.07. The van der Waals surface area contributed by atoms with Crippen LogP contribution in [0.25, 0.3) is 0 Å². The molecular weight excluding hydrogens is 254 g/mol. The van der Waals surface area contributed by atoms with Crippen molar-refractivity contribution >= 4 is 33.6 Å². The predicted molar refractivity (Wildman–Crippen MR) is 71.1 cm³/mol. The number of carbonyl (C=O) groups excluding carboxylic acids is 1.